The molecule has 0 spiro atoms. The highest BCUT2D eigenvalue weighted by molar-refractivity contribution is 7.12. The van der Waals surface area contributed by atoms with Crippen LogP contribution in [-0.4, -0.2) is 79.4 Å². The summed E-state index contributed by atoms with van der Waals surface area (Å²) in [6.07, 6.45) is 6.51. The van der Waals surface area contributed by atoms with E-state index in [9.17, 15) is 24.0 Å². The summed E-state index contributed by atoms with van der Waals surface area (Å²) in [4.78, 5) is 56.1. The molecule has 5 amide bonds. The fraction of sp³-hybridized carbons (Fsp3) is 0.294. The normalized spacial score (nSPS) is 18.0. The molecular formula is C51H56N10O9S. The van der Waals surface area contributed by atoms with Crippen molar-refractivity contribution in [3.63, 3.8) is 0 Å². The molecule has 71 heavy (non-hydrogen) atoms. The highest BCUT2D eigenvalue weighted by Gasteiger charge is 2.23. The summed E-state index contributed by atoms with van der Waals surface area (Å²) in [5.41, 5.74) is 19.9. The molecule has 5 N–H and O–H groups in total. The van der Waals surface area contributed by atoms with E-state index in [1.54, 1.807) is 51.1 Å². The number of rotatable bonds is 8. The van der Waals surface area contributed by atoms with E-state index in [0.29, 0.717) is 44.3 Å². The number of ether oxygens (including phenoxy) is 3. The fourth-order valence-corrected chi connectivity index (χ4v) is 7.74. The second-order valence-electron chi connectivity index (χ2n) is 16.2. The van der Waals surface area contributed by atoms with Gasteiger partial charge in [0, 0.05) is 74.8 Å². The number of benzene rings is 3. The zero-order chi connectivity index (χ0) is 50.5. The number of carbonyl (C=O) groups is 5. The Labute approximate surface area is 414 Å². The molecule has 19 nitrogen and oxygen atoms in total. The molecule has 0 saturated heterocycles. The van der Waals surface area contributed by atoms with Gasteiger partial charge in [-0.3, -0.25) is 24.0 Å². The molecule has 5 aliphatic rings. The Morgan fingerprint density at radius 3 is 1.49 bits per heavy atom. The van der Waals surface area contributed by atoms with Gasteiger partial charge in [-0.05, 0) is 71.1 Å². The SMILES string of the molecule is CC1CC(c2ccccc2)=NNC1=O.COc1ccc(C2=NNC(=O)C(C)C2)cc1.COc1ccc(C2=NNC(=O)CC2)c(OC)c1.O=C1CCC(c2ccco2)=NN1.O=C1CCC(c2cccs2)=NN1. The lowest BCUT2D eigenvalue weighted by atomic mass is 9.97. The van der Waals surface area contributed by atoms with Gasteiger partial charge in [0.2, 0.25) is 29.5 Å². The first-order chi connectivity index (χ1) is 34.4. The van der Waals surface area contributed by atoms with Gasteiger partial charge in [-0.25, -0.2) is 27.1 Å². The Balaban J connectivity index is 0.000000146. The van der Waals surface area contributed by atoms with Gasteiger partial charge in [0.05, 0.1) is 55.3 Å². The summed E-state index contributed by atoms with van der Waals surface area (Å²) in [5, 5.41) is 22.0. The van der Waals surface area contributed by atoms with Crippen molar-refractivity contribution in [2.24, 2.45) is 37.3 Å². The molecule has 5 aromatic rings. The van der Waals surface area contributed by atoms with Gasteiger partial charge in [-0.2, -0.15) is 25.5 Å². The molecule has 7 heterocycles. The van der Waals surface area contributed by atoms with Gasteiger partial charge in [0.25, 0.3) is 0 Å². The molecule has 0 bridgehead atoms. The second-order valence-corrected chi connectivity index (χ2v) is 17.1. The predicted octanol–water partition coefficient (Wildman–Crippen LogP) is 6.68. The summed E-state index contributed by atoms with van der Waals surface area (Å²) in [6.45, 7) is 3.81. The van der Waals surface area contributed by atoms with Crippen LogP contribution in [0, 0.1) is 11.8 Å². The summed E-state index contributed by atoms with van der Waals surface area (Å²) in [6, 6.07) is 30.7. The third-order valence-electron chi connectivity index (χ3n) is 11.1. The Morgan fingerprint density at radius 1 is 0.507 bits per heavy atom. The molecular weight excluding hydrogens is 929 g/mol. The number of nitrogens with one attached hydrogen (secondary N) is 5. The molecule has 0 fully saturated rings. The van der Waals surface area contributed by atoms with Crippen LogP contribution in [0.15, 0.2) is 139 Å². The summed E-state index contributed by atoms with van der Waals surface area (Å²) in [7, 11) is 4.84. The second kappa shape index (κ2) is 26.5. The van der Waals surface area contributed by atoms with Gasteiger partial charge < -0.3 is 18.6 Å². The van der Waals surface area contributed by atoms with Gasteiger partial charge in [-0.1, -0.05) is 50.2 Å². The maximum Gasteiger partial charge on any atom is 0.243 e. The van der Waals surface area contributed by atoms with Crippen molar-refractivity contribution < 1.29 is 42.6 Å². The molecule has 20 heteroatoms. The molecule has 5 aliphatic heterocycles. The van der Waals surface area contributed by atoms with E-state index in [0.717, 1.165) is 80.2 Å². The molecule has 0 aliphatic carbocycles. The zero-order valence-corrected chi connectivity index (χ0v) is 40.8. The number of nitrogens with zero attached hydrogens (tertiary/aromatic N) is 5. The number of hydrogen-bond donors (Lipinski definition) is 5. The molecule has 0 radical (unpaired) electrons. The topological polar surface area (TPSA) is 248 Å². The highest BCUT2D eigenvalue weighted by Crippen LogP contribution is 2.27. The van der Waals surface area contributed by atoms with Crippen LogP contribution in [0.2, 0.25) is 0 Å². The van der Waals surface area contributed by atoms with Gasteiger partial charge in [-0.15, -0.1) is 11.3 Å². The van der Waals surface area contributed by atoms with Crippen molar-refractivity contribution in [2.75, 3.05) is 21.3 Å². The maximum absolute atomic E-state index is 11.2. The van der Waals surface area contributed by atoms with Crippen LogP contribution in [0.5, 0.6) is 17.2 Å². The van der Waals surface area contributed by atoms with Crippen LogP contribution in [-0.2, 0) is 24.0 Å². The maximum atomic E-state index is 11.2. The quantitative estimate of drug-likeness (QED) is 0.111. The Hall–Kier alpha value is -8.26. The molecule has 3 aromatic carbocycles. The van der Waals surface area contributed by atoms with E-state index in [4.69, 9.17) is 18.6 Å². The summed E-state index contributed by atoms with van der Waals surface area (Å²) < 4.78 is 20.6. The minimum absolute atomic E-state index is 0.00433. The first kappa shape index (κ1) is 52.1. The van der Waals surface area contributed by atoms with Crippen LogP contribution in [0.3, 0.4) is 0 Å². The first-order valence-electron chi connectivity index (χ1n) is 22.7. The van der Waals surface area contributed by atoms with Crippen molar-refractivity contribution in [1.82, 2.24) is 27.1 Å². The Kier molecular flexibility index (Phi) is 19.4. The van der Waals surface area contributed by atoms with Crippen LogP contribution >= 0.6 is 11.3 Å². The fourth-order valence-electron chi connectivity index (χ4n) is 7.00. The van der Waals surface area contributed by atoms with E-state index in [2.05, 4.69) is 52.6 Å². The minimum atomic E-state index is -0.0544. The lowest BCUT2D eigenvalue weighted by Gasteiger charge is -2.17. The molecule has 370 valence electrons. The van der Waals surface area contributed by atoms with E-state index < -0.39 is 0 Å². The molecule has 0 saturated carbocycles. The molecule has 2 unspecified atom stereocenters. The Morgan fingerprint density at radius 2 is 1.03 bits per heavy atom. The minimum Gasteiger partial charge on any atom is -0.497 e. The zero-order valence-electron chi connectivity index (χ0n) is 40.0. The number of hydrazone groups is 5. The number of carbonyl (C=O) groups excluding carboxylic acids is 5. The van der Waals surface area contributed by atoms with Crippen LogP contribution in [0.4, 0.5) is 0 Å². The largest absolute Gasteiger partial charge is 0.497 e. The van der Waals surface area contributed by atoms with E-state index >= 15 is 0 Å². The Bertz CT molecular complexity index is 2710. The lowest BCUT2D eigenvalue weighted by molar-refractivity contribution is -0.125. The van der Waals surface area contributed by atoms with Crippen molar-refractivity contribution in [3.8, 4) is 17.2 Å². The third-order valence-corrected chi connectivity index (χ3v) is 12.0. The lowest BCUT2D eigenvalue weighted by Crippen LogP contribution is -2.33. The summed E-state index contributed by atoms with van der Waals surface area (Å²) in [5.74, 6) is 2.87. The summed E-state index contributed by atoms with van der Waals surface area (Å²) >= 11 is 1.65. The first-order valence-corrected chi connectivity index (χ1v) is 23.6. The molecule has 10 rings (SSSR count). The highest BCUT2D eigenvalue weighted by atomic mass is 32.1. The van der Waals surface area contributed by atoms with E-state index in [-0.39, 0.29) is 41.4 Å². The smallest absolute Gasteiger partial charge is 0.243 e. The monoisotopic (exact) mass is 984 g/mol. The molecule has 2 atom stereocenters. The average molecular weight is 985 g/mol. The van der Waals surface area contributed by atoms with Gasteiger partial charge in [0.1, 0.15) is 28.7 Å². The van der Waals surface area contributed by atoms with Gasteiger partial charge >= 0.3 is 0 Å². The van der Waals surface area contributed by atoms with Crippen molar-refractivity contribution in [2.45, 2.75) is 65.2 Å². The number of hydrogen-bond acceptors (Lipinski definition) is 15. The molecule has 2 aromatic heterocycles. The van der Waals surface area contributed by atoms with Crippen molar-refractivity contribution in [3.05, 3.63) is 136 Å². The number of furan rings is 1. The predicted molar refractivity (Wildman–Crippen MR) is 271 cm³/mol. The van der Waals surface area contributed by atoms with Crippen molar-refractivity contribution >= 4 is 69.4 Å². The standard InChI is InChI=1S/C12H14N2O3.C12H14N2O2.C11H12N2O.C8H8N2O2.C8H8N2OS/c1-16-8-3-4-9(11(7-8)17-2)10-5-6-12(15)14-13-10;1-8-7-11(13-14-12(8)15)9-3-5-10(16-2)6-4-9;1-8-7-10(12-13-11(8)14)9-5-3-2-4-6-9;2*11-8-4-3-6(9-10-8)7-2-1-5-12-7/h3-4,7H,5-6H2,1-2H3,(H,14,15);3-6,8H,7H2,1-2H3,(H,14,15);2-6,8H,7H2,1H3,(H,13,14);2*1-2,5H,3-4H2,(H,10,11). The van der Waals surface area contributed by atoms with Crippen LogP contribution < -0.4 is 41.3 Å². The van der Waals surface area contributed by atoms with Crippen molar-refractivity contribution in [1.29, 1.82) is 0 Å². The van der Waals surface area contributed by atoms with Crippen LogP contribution in [0.25, 0.3) is 0 Å². The third kappa shape index (κ3) is 15.6. The van der Waals surface area contributed by atoms with E-state index in [1.165, 1.54) is 0 Å². The van der Waals surface area contributed by atoms with Crippen LogP contribution in [0.1, 0.15) is 92.5 Å². The van der Waals surface area contributed by atoms with Gasteiger partial charge in [0.15, 0.2) is 0 Å². The number of thiophene rings is 1. The average Bonchev–Trinajstić information content (AvgIpc) is 4.17. The number of methoxy groups -OCH3 is 3. The van der Waals surface area contributed by atoms with E-state index in [1.807, 2.05) is 104 Å². The number of amides is 5.